The molecule has 0 saturated heterocycles. The van der Waals surface area contributed by atoms with Crippen LogP contribution in [0, 0.1) is 5.92 Å². The minimum atomic E-state index is -0.409. The van der Waals surface area contributed by atoms with E-state index in [9.17, 15) is 15.0 Å². The van der Waals surface area contributed by atoms with Crippen molar-refractivity contribution in [2.45, 2.75) is 45.1 Å². The molecule has 4 heteroatoms. The Balaban J connectivity index is 2.04. The molecule has 3 N–H and O–H groups in total. The lowest BCUT2D eigenvalue weighted by Gasteiger charge is -2.28. The lowest BCUT2D eigenvalue weighted by Crippen LogP contribution is -2.38. The van der Waals surface area contributed by atoms with Crippen LogP contribution < -0.4 is 5.32 Å². The predicted octanol–water partition coefficient (Wildman–Crippen LogP) is 2.80. The van der Waals surface area contributed by atoms with Gasteiger partial charge >= 0.3 is 0 Å². The summed E-state index contributed by atoms with van der Waals surface area (Å²) in [5.41, 5.74) is -0.0369. The maximum atomic E-state index is 12.1. The maximum absolute atomic E-state index is 12.1. The highest BCUT2D eigenvalue weighted by Gasteiger charge is 2.24. The molecule has 0 aromatic heterocycles. The Morgan fingerprint density at radius 2 is 1.79 bits per heavy atom. The lowest BCUT2D eigenvalue weighted by atomic mass is 9.84. The first-order valence-corrected chi connectivity index (χ1v) is 6.91. The second-order valence-electron chi connectivity index (χ2n) is 5.33. The van der Waals surface area contributed by atoms with Crippen LogP contribution in [0.5, 0.6) is 11.5 Å². The van der Waals surface area contributed by atoms with Gasteiger partial charge in [-0.3, -0.25) is 4.79 Å². The van der Waals surface area contributed by atoms with Crippen molar-refractivity contribution in [3.05, 3.63) is 23.8 Å². The van der Waals surface area contributed by atoms with Crippen LogP contribution in [-0.4, -0.2) is 22.2 Å². The molecule has 4 nitrogen and oxygen atoms in total. The summed E-state index contributed by atoms with van der Waals surface area (Å²) < 4.78 is 0. The average molecular weight is 263 g/mol. The van der Waals surface area contributed by atoms with Gasteiger partial charge in [0.05, 0.1) is 0 Å². The van der Waals surface area contributed by atoms with Gasteiger partial charge in [0.25, 0.3) is 5.91 Å². The quantitative estimate of drug-likeness (QED) is 0.785. The van der Waals surface area contributed by atoms with Gasteiger partial charge in [-0.25, -0.2) is 0 Å². The Bertz CT molecular complexity index is 432. The highest BCUT2D eigenvalue weighted by Crippen LogP contribution is 2.29. The molecule has 0 radical (unpaired) electrons. The Morgan fingerprint density at radius 3 is 2.37 bits per heavy atom. The van der Waals surface area contributed by atoms with Crippen LogP contribution in [0.1, 0.15) is 49.4 Å². The number of carbonyl (C=O) groups excluding carboxylic acids is 1. The molecule has 1 atom stereocenters. The van der Waals surface area contributed by atoms with Crippen molar-refractivity contribution in [1.82, 2.24) is 5.32 Å². The van der Waals surface area contributed by atoms with Gasteiger partial charge in [-0.05, 0) is 37.8 Å². The van der Waals surface area contributed by atoms with Gasteiger partial charge in [-0.15, -0.1) is 0 Å². The van der Waals surface area contributed by atoms with Crippen LogP contribution in [0.2, 0.25) is 0 Å². The van der Waals surface area contributed by atoms with E-state index in [4.69, 9.17) is 0 Å². The zero-order chi connectivity index (χ0) is 13.8. The Hall–Kier alpha value is -1.71. The third-order valence-corrected chi connectivity index (χ3v) is 3.96. The van der Waals surface area contributed by atoms with E-state index in [2.05, 4.69) is 5.32 Å². The van der Waals surface area contributed by atoms with E-state index in [1.54, 1.807) is 0 Å². The summed E-state index contributed by atoms with van der Waals surface area (Å²) in [6.07, 6.45) is 5.97. The van der Waals surface area contributed by atoms with Gasteiger partial charge in [0.1, 0.15) is 17.1 Å². The molecule has 1 aliphatic rings. The third kappa shape index (κ3) is 3.19. The summed E-state index contributed by atoms with van der Waals surface area (Å²) in [5, 5.41) is 22.2. The molecule has 1 aromatic rings. The smallest absolute Gasteiger partial charge is 0.259 e. The Labute approximate surface area is 113 Å². The van der Waals surface area contributed by atoms with Crippen molar-refractivity contribution in [3.8, 4) is 11.5 Å². The molecule has 0 spiro atoms. The third-order valence-electron chi connectivity index (χ3n) is 3.96. The monoisotopic (exact) mass is 263 g/mol. The van der Waals surface area contributed by atoms with E-state index in [1.165, 1.54) is 37.5 Å². The number of benzene rings is 1. The first-order chi connectivity index (χ1) is 9.09. The standard InChI is InChI=1S/C15H21NO3/c1-10(11-6-3-2-4-7-11)16-15(19)14-12(17)8-5-9-13(14)18/h5,8-11,17-18H,2-4,6-7H2,1H3,(H,16,19). The van der Waals surface area contributed by atoms with Crippen LogP contribution in [0.4, 0.5) is 0 Å². The number of hydrogen-bond donors (Lipinski definition) is 3. The second-order valence-corrected chi connectivity index (χ2v) is 5.33. The summed E-state index contributed by atoms with van der Waals surface area (Å²) in [4.78, 5) is 12.1. The molecule has 19 heavy (non-hydrogen) atoms. The highest BCUT2D eigenvalue weighted by molar-refractivity contribution is 5.99. The molecule has 0 heterocycles. The van der Waals surface area contributed by atoms with Gasteiger partial charge in [0, 0.05) is 6.04 Å². The largest absolute Gasteiger partial charge is 0.507 e. The fourth-order valence-corrected chi connectivity index (χ4v) is 2.79. The minimum Gasteiger partial charge on any atom is -0.507 e. The summed E-state index contributed by atoms with van der Waals surface area (Å²) in [7, 11) is 0. The van der Waals surface area contributed by atoms with Gasteiger partial charge in [-0.2, -0.15) is 0 Å². The topological polar surface area (TPSA) is 69.6 Å². The average Bonchev–Trinajstić information content (AvgIpc) is 2.39. The molecular formula is C15H21NO3. The van der Waals surface area contributed by atoms with E-state index in [-0.39, 0.29) is 23.1 Å². The number of phenolic OH excluding ortho intramolecular Hbond substituents is 2. The van der Waals surface area contributed by atoms with Crippen LogP contribution in [0.15, 0.2) is 18.2 Å². The van der Waals surface area contributed by atoms with E-state index in [1.807, 2.05) is 6.92 Å². The van der Waals surface area contributed by atoms with Gasteiger partial charge in [0.2, 0.25) is 0 Å². The molecular weight excluding hydrogens is 242 g/mol. The number of carbonyl (C=O) groups is 1. The van der Waals surface area contributed by atoms with Gasteiger partial charge in [0.15, 0.2) is 0 Å². The first kappa shape index (κ1) is 13.7. The first-order valence-electron chi connectivity index (χ1n) is 6.91. The molecule has 0 aliphatic heterocycles. The van der Waals surface area contributed by atoms with Crippen molar-refractivity contribution in [3.63, 3.8) is 0 Å². The molecule has 0 bridgehead atoms. The summed E-state index contributed by atoms with van der Waals surface area (Å²) >= 11 is 0. The normalized spacial score (nSPS) is 17.9. The van der Waals surface area contributed by atoms with Gasteiger partial charge < -0.3 is 15.5 Å². The van der Waals surface area contributed by atoms with Crippen molar-refractivity contribution in [1.29, 1.82) is 0 Å². The number of amides is 1. The zero-order valence-corrected chi connectivity index (χ0v) is 11.2. The van der Waals surface area contributed by atoms with Crippen molar-refractivity contribution in [2.75, 3.05) is 0 Å². The van der Waals surface area contributed by atoms with Crippen LogP contribution >= 0.6 is 0 Å². The number of hydrogen-bond acceptors (Lipinski definition) is 3. The van der Waals surface area contributed by atoms with Crippen LogP contribution in [0.3, 0.4) is 0 Å². The molecule has 1 aromatic carbocycles. The fraction of sp³-hybridized carbons (Fsp3) is 0.533. The predicted molar refractivity (Wildman–Crippen MR) is 73.3 cm³/mol. The number of nitrogens with one attached hydrogen (secondary N) is 1. The summed E-state index contributed by atoms with van der Waals surface area (Å²) in [6, 6.07) is 4.37. The molecule has 1 fully saturated rings. The zero-order valence-electron chi connectivity index (χ0n) is 11.2. The molecule has 1 unspecified atom stereocenters. The second kappa shape index (κ2) is 5.95. The number of rotatable bonds is 3. The fourth-order valence-electron chi connectivity index (χ4n) is 2.79. The SMILES string of the molecule is CC(NC(=O)c1c(O)cccc1O)C1CCCCC1. The lowest BCUT2D eigenvalue weighted by molar-refractivity contribution is 0.0914. The minimum absolute atomic E-state index is 0.0369. The van der Waals surface area contributed by atoms with E-state index in [0.717, 1.165) is 12.8 Å². The summed E-state index contributed by atoms with van der Waals surface area (Å²) in [6.45, 7) is 1.99. The van der Waals surface area contributed by atoms with E-state index < -0.39 is 5.91 Å². The van der Waals surface area contributed by atoms with Crippen LogP contribution in [0.25, 0.3) is 0 Å². The molecule has 1 amide bonds. The highest BCUT2D eigenvalue weighted by atomic mass is 16.3. The Kier molecular flexibility index (Phi) is 4.30. The van der Waals surface area contributed by atoms with Crippen molar-refractivity contribution < 1.29 is 15.0 Å². The van der Waals surface area contributed by atoms with Gasteiger partial charge in [-0.1, -0.05) is 25.3 Å². The molecule has 104 valence electrons. The van der Waals surface area contributed by atoms with Crippen molar-refractivity contribution >= 4 is 5.91 Å². The summed E-state index contributed by atoms with van der Waals surface area (Å²) in [5.74, 6) is -0.291. The number of phenols is 2. The van der Waals surface area contributed by atoms with Crippen molar-refractivity contribution in [2.24, 2.45) is 5.92 Å². The molecule has 1 saturated carbocycles. The van der Waals surface area contributed by atoms with E-state index >= 15 is 0 Å². The number of aromatic hydroxyl groups is 2. The molecule has 1 aliphatic carbocycles. The van der Waals surface area contributed by atoms with E-state index in [0.29, 0.717) is 5.92 Å². The Morgan fingerprint density at radius 1 is 1.21 bits per heavy atom. The maximum Gasteiger partial charge on any atom is 0.259 e. The van der Waals surface area contributed by atoms with Crippen LogP contribution in [-0.2, 0) is 0 Å². The molecule has 2 rings (SSSR count).